The molecule has 0 bridgehead atoms. The van der Waals surface area contributed by atoms with Crippen LogP contribution in [0.15, 0.2) is 21.9 Å². The van der Waals surface area contributed by atoms with Crippen LogP contribution in [-0.2, 0) is 14.2 Å². The lowest BCUT2D eigenvalue weighted by molar-refractivity contribution is -0.186. The molecule has 0 spiro atoms. The molecule has 2 aliphatic rings. The number of aromatic nitrogens is 2. The van der Waals surface area contributed by atoms with E-state index in [0.717, 1.165) is 10.6 Å². The number of aliphatic hydroxyl groups is 3. The van der Waals surface area contributed by atoms with E-state index in [9.17, 15) is 24.9 Å². The van der Waals surface area contributed by atoms with Crippen LogP contribution in [0, 0.1) is 0 Å². The van der Waals surface area contributed by atoms with Crippen molar-refractivity contribution >= 4 is 0 Å². The van der Waals surface area contributed by atoms with Gasteiger partial charge in [0, 0.05) is 25.2 Å². The molecule has 11 nitrogen and oxygen atoms in total. The van der Waals surface area contributed by atoms with Gasteiger partial charge >= 0.3 is 5.69 Å². The van der Waals surface area contributed by atoms with Gasteiger partial charge in [0.25, 0.3) is 5.56 Å². The maximum absolute atomic E-state index is 11.8. The van der Waals surface area contributed by atoms with Crippen LogP contribution in [-0.4, -0.2) is 74.8 Å². The number of nitrogens with zero attached hydrogens (tertiary/aromatic N) is 1. The smallest absolute Gasteiger partial charge is 0.330 e. The molecule has 140 valence electrons. The highest BCUT2D eigenvalue weighted by atomic mass is 16.7. The Morgan fingerprint density at radius 2 is 2.04 bits per heavy atom. The van der Waals surface area contributed by atoms with Crippen molar-refractivity contribution < 1.29 is 29.5 Å². The lowest BCUT2D eigenvalue weighted by Gasteiger charge is -2.20. The molecule has 3 rings (SSSR count). The number of aromatic amines is 1. The minimum Gasteiger partial charge on any atom is -0.388 e. The molecule has 7 atom stereocenters. The second kappa shape index (κ2) is 7.33. The van der Waals surface area contributed by atoms with Crippen LogP contribution in [0.3, 0.4) is 0 Å². The molecule has 0 unspecified atom stereocenters. The third-order valence-electron chi connectivity index (χ3n) is 4.30. The van der Waals surface area contributed by atoms with Crippen LogP contribution in [0.5, 0.6) is 0 Å². The Balaban J connectivity index is 1.64. The number of aliphatic hydroxyl groups excluding tert-OH is 3. The molecule has 2 saturated heterocycles. The number of rotatable bonds is 5. The van der Waals surface area contributed by atoms with Crippen LogP contribution in [0.25, 0.3) is 0 Å². The zero-order chi connectivity index (χ0) is 18.1. The van der Waals surface area contributed by atoms with Gasteiger partial charge in [0.1, 0.15) is 24.4 Å². The summed E-state index contributed by atoms with van der Waals surface area (Å²) in [6.45, 7) is 0.0707. The predicted octanol–water partition coefficient (Wildman–Crippen LogP) is -3.39. The summed E-state index contributed by atoms with van der Waals surface area (Å²) in [5, 5.41) is 30.1. The van der Waals surface area contributed by atoms with Gasteiger partial charge in [0.15, 0.2) is 12.5 Å². The first-order valence-corrected chi connectivity index (χ1v) is 7.89. The summed E-state index contributed by atoms with van der Waals surface area (Å²) >= 11 is 0. The number of hydrogen-bond acceptors (Lipinski definition) is 9. The second-order valence-corrected chi connectivity index (χ2v) is 6.06. The monoisotopic (exact) mass is 359 g/mol. The Bertz CT molecular complexity index is 706. The first-order valence-electron chi connectivity index (χ1n) is 7.89. The van der Waals surface area contributed by atoms with E-state index in [-0.39, 0.29) is 19.3 Å². The van der Waals surface area contributed by atoms with E-state index < -0.39 is 48.2 Å². The summed E-state index contributed by atoms with van der Waals surface area (Å²) in [7, 11) is 0. The highest BCUT2D eigenvalue weighted by Gasteiger charge is 2.45. The van der Waals surface area contributed by atoms with Gasteiger partial charge in [-0.3, -0.25) is 14.3 Å². The largest absolute Gasteiger partial charge is 0.388 e. The molecular formula is C14H21N3O8. The van der Waals surface area contributed by atoms with E-state index in [1.54, 1.807) is 0 Å². The van der Waals surface area contributed by atoms with E-state index in [0.29, 0.717) is 6.42 Å². The van der Waals surface area contributed by atoms with Crippen LogP contribution in [0.2, 0.25) is 0 Å². The van der Waals surface area contributed by atoms with Gasteiger partial charge in [0.05, 0.1) is 12.7 Å². The normalized spacial score (nSPS) is 38.3. The molecule has 0 saturated carbocycles. The van der Waals surface area contributed by atoms with Crippen molar-refractivity contribution in [3.05, 3.63) is 33.1 Å². The molecule has 11 heteroatoms. The van der Waals surface area contributed by atoms with Crippen molar-refractivity contribution in [2.45, 2.75) is 49.5 Å². The van der Waals surface area contributed by atoms with Gasteiger partial charge in [-0.15, -0.1) is 0 Å². The number of hydrogen-bond donors (Lipinski definition) is 5. The molecule has 0 aliphatic carbocycles. The summed E-state index contributed by atoms with van der Waals surface area (Å²) in [6, 6.07) is 1.10. The van der Waals surface area contributed by atoms with Crippen LogP contribution in [0.1, 0.15) is 12.6 Å². The van der Waals surface area contributed by atoms with Gasteiger partial charge < -0.3 is 35.3 Å². The van der Waals surface area contributed by atoms with Gasteiger partial charge in [0.2, 0.25) is 0 Å². The fourth-order valence-electron chi connectivity index (χ4n) is 2.93. The van der Waals surface area contributed by atoms with Gasteiger partial charge in [-0.1, -0.05) is 0 Å². The average Bonchev–Trinajstić information content (AvgIpc) is 3.07. The van der Waals surface area contributed by atoms with Crippen molar-refractivity contribution in [1.29, 1.82) is 0 Å². The number of H-pyrrole nitrogens is 1. The molecule has 6 N–H and O–H groups in total. The molecule has 2 aliphatic heterocycles. The molecule has 25 heavy (non-hydrogen) atoms. The summed E-state index contributed by atoms with van der Waals surface area (Å²) in [4.78, 5) is 25.0. The summed E-state index contributed by atoms with van der Waals surface area (Å²) in [5.74, 6) is 0. The SMILES string of the molecule is NC[C@@H]1C[C@@H](O)[C@H](OC[C@H]2O[C@@H](n3ccc(=O)[nH]c3=O)[C@H](O)[C@@H]2O)O1. The number of ether oxygens (including phenoxy) is 3. The highest BCUT2D eigenvalue weighted by Crippen LogP contribution is 2.29. The predicted molar refractivity (Wildman–Crippen MR) is 81.5 cm³/mol. The van der Waals surface area contributed by atoms with Crippen LogP contribution < -0.4 is 17.0 Å². The molecule has 1 aromatic rings. The average molecular weight is 359 g/mol. The highest BCUT2D eigenvalue weighted by molar-refractivity contribution is 4.93. The van der Waals surface area contributed by atoms with Crippen LogP contribution in [0.4, 0.5) is 0 Å². The Labute approximate surface area is 141 Å². The lowest BCUT2D eigenvalue weighted by Crippen LogP contribution is -2.38. The summed E-state index contributed by atoms with van der Waals surface area (Å²) in [6.07, 6.45) is -5.42. The molecule has 0 amide bonds. The van der Waals surface area contributed by atoms with Gasteiger partial charge in [-0.05, 0) is 0 Å². The first-order chi connectivity index (χ1) is 11.9. The minimum absolute atomic E-state index is 0.175. The van der Waals surface area contributed by atoms with E-state index in [2.05, 4.69) is 0 Å². The first kappa shape index (κ1) is 18.2. The standard InChI is InChI=1S/C14H21N3O8/c15-4-6-3-7(18)13(24-6)23-5-8-10(20)11(21)12(25-8)17-2-1-9(19)16-14(17)22/h1-2,6-8,10-13,18,20-21H,3-5,15H2,(H,16,19,22)/t6-,7+,8+,10+,11+,12+,13+/m0/s1. The maximum atomic E-state index is 11.8. The fraction of sp³-hybridized carbons (Fsp3) is 0.714. The van der Waals surface area contributed by atoms with Crippen molar-refractivity contribution in [2.75, 3.05) is 13.2 Å². The Hall–Kier alpha value is -1.60. The molecule has 3 heterocycles. The number of nitrogens with two attached hydrogens (primary N) is 1. The zero-order valence-corrected chi connectivity index (χ0v) is 13.2. The van der Waals surface area contributed by atoms with E-state index in [4.69, 9.17) is 19.9 Å². The van der Waals surface area contributed by atoms with Gasteiger partial charge in [-0.25, -0.2) is 4.79 Å². The Morgan fingerprint density at radius 3 is 2.68 bits per heavy atom. The number of nitrogens with one attached hydrogen (secondary N) is 1. The zero-order valence-electron chi connectivity index (χ0n) is 13.2. The van der Waals surface area contributed by atoms with E-state index in [1.807, 2.05) is 4.98 Å². The Kier molecular flexibility index (Phi) is 5.34. The third-order valence-corrected chi connectivity index (χ3v) is 4.30. The summed E-state index contributed by atoms with van der Waals surface area (Å²) in [5.41, 5.74) is 4.12. The summed E-state index contributed by atoms with van der Waals surface area (Å²) < 4.78 is 17.3. The third kappa shape index (κ3) is 3.67. The molecule has 0 aromatic carbocycles. The van der Waals surface area contributed by atoms with E-state index in [1.165, 1.54) is 6.20 Å². The van der Waals surface area contributed by atoms with Gasteiger partial charge in [-0.2, -0.15) is 0 Å². The molecule has 2 fully saturated rings. The Morgan fingerprint density at radius 1 is 1.28 bits per heavy atom. The molecule has 0 radical (unpaired) electrons. The van der Waals surface area contributed by atoms with Crippen molar-refractivity contribution in [3.8, 4) is 0 Å². The van der Waals surface area contributed by atoms with Crippen molar-refractivity contribution in [2.24, 2.45) is 5.73 Å². The second-order valence-electron chi connectivity index (χ2n) is 6.06. The minimum atomic E-state index is -1.40. The fourth-order valence-corrected chi connectivity index (χ4v) is 2.93. The van der Waals surface area contributed by atoms with Crippen molar-refractivity contribution in [1.82, 2.24) is 9.55 Å². The lowest BCUT2D eigenvalue weighted by atomic mass is 10.1. The molecular weight excluding hydrogens is 338 g/mol. The maximum Gasteiger partial charge on any atom is 0.330 e. The van der Waals surface area contributed by atoms with Crippen molar-refractivity contribution in [3.63, 3.8) is 0 Å². The molecule has 1 aromatic heterocycles. The van der Waals surface area contributed by atoms with E-state index >= 15 is 0 Å². The topological polar surface area (TPSA) is 169 Å². The van der Waals surface area contributed by atoms with Crippen LogP contribution >= 0.6 is 0 Å². The quantitative estimate of drug-likeness (QED) is 0.360.